The number of halogens is 2. The molecular formula is C11H19ClFN3O2S. The van der Waals surface area contributed by atoms with Gasteiger partial charge in [0.05, 0.1) is 6.20 Å². The van der Waals surface area contributed by atoms with Crippen LogP contribution in [0.25, 0.3) is 0 Å². The van der Waals surface area contributed by atoms with Gasteiger partial charge in [-0.15, -0.1) is 12.4 Å². The molecule has 0 amide bonds. The maximum absolute atomic E-state index is 13.0. The van der Waals surface area contributed by atoms with Crippen LogP contribution in [0, 0.1) is 11.2 Å². The van der Waals surface area contributed by atoms with E-state index in [1.807, 2.05) is 13.8 Å². The van der Waals surface area contributed by atoms with Crippen molar-refractivity contribution >= 4 is 22.4 Å². The molecule has 0 aromatic carbocycles. The molecule has 1 rings (SSSR count). The molecule has 1 heterocycles. The fraction of sp³-hybridized carbons (Fsp3) is 0.545. The summed E-state index contributed by atoms with van der Waals surface area (Å²) in [5, 5.41) is 0. The molecule has 0 aliphatic heterocycles. The zero-order chi connectivity index (χ0) is 14.0. The maximum atomic E-state index is 13.0. The lowest BCUT2D eigenvalue weighted by molar-refractivity contribution is 0.292. The Morgan fingerprint density at radius 2 is 2.00 bits per heavy atom. The first kappa shape index (κ1) is 18.2. The summed E-state index contributed by atoms with van der Waals surface area (Å²) in [6.07, 6.45) is 2.09. The molecule has 0 saturated carbocycles. The van der Waals surface area contributed by atoms with Crippen LogP contribution >= 0.6 is 12.4 Å². The number of rotatable bonds is 5. The highest BCUT2D eigenvalue weighted by Crippen LogP contribution is 2.20. The van der Waals surface area contributed by atoms with E-state index in [4.69, 9.17) is 5.73 Å². The first-order valence-corrected chi connectivity index (χ1v) is 6.90. The van der Waals surface area contributed by atoms with Gasteiger partial charge in [-0.2, -0.15) is 0 Å². The molecule has 0 atom stereocenters. The molecule has 0 unspecified atom stereocenters. The van der Waals surface area contributed by atoms with Crippen molar-refractivity contribution in [3.05, 3.63) is 24.3 Å². The molecule has 0 fully saturated rings. The van der Waals surface area contributed by atoms with Gasteiger partial charge < -0.3 is 5.73 Å². The van der Waals surface area contributed by atoms with Gasteiger partial charge in [-0.1, -0.05) is 13.8 Å². The van der Waals surface area contributed by atoms with Crippen molar-refractivity contribution in [2.24, 2.45) is 11.1 Å². The van der Waals surface area contributed by atoms with Crippen LogP contribution in [0.1, 0.15) is 13.8 Å². The number of nitrogens with zero attached hydrogens (tertiary/aromatic N) is 2. The Morgan fingerprint density at radius 3 is 2.47 bits per heavy atom. The van der Waals surface area contributed by atoms with E-state index in [2.05, 4.69) is 4.98 Å². The van der Waals surface area contributed by atoms with Gasteiger partial charge >= 0.3 is 0 Å². The second kappa shape index (κ2) is 6.60. The quantitative estimate of drug-likeness (QED) is 0.888. The molecule has 0 spiro atoms. The van der Waals surface area contributed by atoms with E-state index in [0.29, 0.717) is 6.54 Å². The maximum Gasteiger partial charge on any atom is 0.244 e. The van der Waals surface area contributed by atoms with Crippen LogP contribution in [0.3, 0.4) is 0 Å². The lowest BCUT2D eigenvalue weighted by atomic mass is 9.94. The van der Waals surface area contributed by atoms with Gasteiger partial charge in [-0.05, 0) is 18.0 Å². The third-order valence-electron chi connectivity index (χ3n) is 2.59. The molecule has 110 valence electrons. The van der Waals surface area contributed by atoms with Crippen molar-refractivity contribution in [1.82, 2.24) is 9.29 Å². The summed E-state index contributed by atoms with van der Waals surface area (Å²) in [7, 11) is -2.29. The summed E-state index contributed by atoms with van der Waals surface area (Å²) < 4.78 is 38.5. The fourth-order valence-electron chi connectivity index (χ4n) is 1.47. The summed E-state index contributed by atoms with van der Waals surface area (Å²) in [6.45, 7) is 4.34. The summed E-state index contributed by atoms with van der Waals surface area (Å²) in [6, 6.07) is 0.953. The van der Waals surface area contributed by atoms with Crippen molar-refractivity contribution in [2.75, 3.05) is 20.1 Å². The van der Waals surface area contributed by atoms with E-state index in [1.54, 1.807) is 0 Å². The predicted octanol–water partition coefficient (Wildman–Crippen LogP) is 1.25. The lowest BCUT2D eigenvalue weighted by Gasteiger charge is -2.28. The Kier molecular flexibility index (Phi) is 6.34. The Morgan fingerprint density at radius 1 is 1.42 bits per heavy atom. The van der Waals surface area contributed by atoms with Gasteiger partial charge in [-0.25, -0.2) is 17.1 Å². The minimum atomic E-state index is -3.73. The van der Waals surface area contributed by atoms with Crippen molar-refractivity contribution in [1.29, 1.82) is 0 Å². The Balaban J connectivity index is 0.00000324. The monoisotopic (exact) mass is 311 g/mol. The van der Waals surface area contributed by atoms with Gasteiger partial charge in [0.1, 0.15) is 10.7 Å². The van der Waals surface area contributed by atoms with Crippen LogP contribution in [0.4, 0.5) is 4.39 Å². The smallest absolute Gasteiger partial charge is 0.244 e. The normalized spacial score (nSPS) is 12.3. The first-order chi connectivity index (χ1) is 8.19. The average Bonchev–Trinajstić information content (AvgIpc) is 2.28. The highest BCUT2D eigenvalue weighted by molar-refractivity contribution is 7.89. The van der Waals surface area contributed by atoms with Crippen LogP contribution < -0.4 is 5.73 Å². The molecule has 5 nitrogen and oxygen atoms in total. The van der Waals surface area contributed by atoms with Crippen molar-refractivity contribution in [2.45, 2.75) is 18.7 Å². The van der Waals surface area contributed by atoms with Crippen molar-refractivity contribution in [3.8, 4) is 0 Å². The van der Waals surface area contributed by atoms with Crippen LogP contribution in [0.5, 0.6) is 0 Å². The number of hydrogen-bond acceptors (Lipinski definition) is 4. The standard InChI is InChI=1S/C11H18FN3O2S.ClH/c1-11(2,7-13)8-15(3)18(16,17)10-4-9(12)5-14-6-10;/h4-6H,7-8,13H2,1-3H3;1H. The zero-order valence-corrected chi connectivity index (χ0v) is 12.8. The van der Waals surface area contributed by atoms with E-state index in [1.165, 1.54) is 7.05 Å². The zero-order valence-electron chi connectivity index (χ0n) is 11.1. The van der Waals surface area contributed by atoms with Gasteiger partial charge in [0.2, 0.25) is 10.0 Å². The molecule has 0 aliphatic rings. The average molecular weight is 312 g/mol. The molecule has 0 bridgehead atoms. The van der Waals surface area contributed by atoms with Gasteiger partial charge in [0, 0.05) is 19.8 Å². The highest BCUT2D eigenvalue weighted by Gasteiger charge is 2.27. The topological polar surface area (TPSA) is 76.3 Å². The van der Waals surface area contributed by atoms with Crippen LogP contribution in [-0.2, 0) is 10.0 Å². The number of nitrogens with two attached hydrogens (primary N) is 1. The van der Waals surface area contributed by atoms with Crippen LogP contribution in [-0.4, -0.2) is 37.8 Å². The second-order valence-electron chi connectivity index (χ2n) is 4.97. The van der Waals surface area contributed by atoms with Gasteiger partial charge in [-0.3, -0.25) is 4.98 Å². The lowest BCUT2D eigenvalue weighted by Crippen LogP contribution is -2.39. The molecular weight excluding hydrogens is 293 g/mol. The largest absolute Gasteiger partial charge is 0.330 e. The number of pyridine rings is 1. The van der Waals surface area contributed by atoms with E-state index >= 15 is 0 Å². The van der Waals surface area contributed by atoms with E-state index in [0.717, 1.165) is 22.8 Å². The Bertz CT molecular complexity index is 522. The summed E-state index contributed by atoms with van der Waals surface area (Å²) >= 11 is 0. The summed E-state index contributed by atoms with van der Waals surface area (Å²) in [5.41, 5.74) is 5.22. The number of sulfonamides is 1. The van der Waals surface area contributed by atoms with Gasteiger partial charge in [0.25, 0.3) is 0 Å². The van der Waals surface area contributed by atoms with Crippen LogP contribution in [0.15, 0.2) is 23.4 Å². The molecule has 2 N–H and O–H groups in total. The first-order valence-electron chi connectivity index (χ1n) is 5.46. The molecule has 1 aromatic heterocycles. The second-order valence-corrected chi connectivity index (χ2v) is 7.01. The number of hydrogen-bond donors (Lipinski definition) is 1. The molecule has 0 saturated heterocycles. The summed E-state index contributed by atoms with van der Waals surface area (Å²) in [5.74, 6) is -0.678. The van der Waals surface area contributed by atoms with E-state index < -0.39 is 15.8 Å². The molecule has 0 aliphatic carbocycles. The van der Waals surface area contributed by atoms with E-state index in [9.17, 15) is 12.8 Å². The highest BCUT2D eigenvalue weighted by atomic mass is 35.5. The minimum Gasteiger partial charge on any atom is -0.330 e. The Hall–Kier alpha value is -0.760. The molecule has 19 heavy (non-hydrogen) atoms. The van der Waals surface area contributed by atoms with Crippen molar-refractivity contribution < 1.29 is 12.8 Å². The summed E-state index contributed by atoms with van der Waals surface area (Å²) in [4.78, 5) is 3.39. The number of aromatic nitrogens is 1. The fourth-order valence-corrected chi connectivity index (χ4v) is 2.80. The molecule has 0 radical (unpaired) electrons. The van der Waals surface area contributed by atoms with Crippen LogP contribution in [0.2, 0.25) is 0 Å². The predicted molar refractivity (Wildman–Crippen MR) is 74.1 cm³/mol. The van der Waals surface area contributed by atoms with Crippen molar-refractivity contribution in [3.63, 3.8) is 0 Å². The minimum absolute atomic E-state index is 0. The molecule has 1 aromatic rings. The Labute approximate surface area is 119 Å². The molecule has 8 heteroatoms. The SMILES string of the molecule is CN(CC(C)(C)CN)S(=O)(=O)c1cncc(F)c1.Cl. The third kappa shape index (κ3) is 4.68. The third-order valence-corrected chi connectivity index (χ3v) is 4.36. The van der Waals surface area contributed by atoms with E-state index in [-0.39, 0.29) is 29.3 Å². The van der Waals surface area contributed by atoms with Gasteiger partial charge in [0.15, 0.2) is 0 Å².